The molecule has 1 aromatic carbocycles. The van der Waals surface area contributed by atoms with E-state index in [9.17, 15) is 4.79 Å². The highest BCUT2D eigenvalue weighted by Crippen LogP contribution is 2.47. The van der Waals surface area contributed by atoms with Crippen molar-refractivity contribution in [2.75, 3.05) is 11.9 Å². The molecule has 0 N–H and O–H groups in total. The fraction of sp³-hybridized carbons (Fsp3) is 0.375. The second-order valence-corrected chi connectivity index (χ2v) is 11.0. The molecule has 5 rings (SSSR count). The largest absolute Gasteiger partial charge is 0.347 e. The summed E-state index contributed by atoms with van der Waals surface area (Å²) in [6.45, 7) is 6.34. The molecule has 160 valence electrons. The predicted octanol–water partition coefficient (Wildman–Crippen LogP) is 5.70. The Kier molecular flexibility index (Phi) is 5.06. The van der Waals surface area contributed by atoms with Gasteiger partial charge in [0.1, 0.15) is 0 Å². The first-order chi connectivity index (χ1) is 14.9. The van der Waals surface area contributed by atoms with Crippen molar-refractivity contribution in [3.63, 3.8) is 0 Å². The van der Waals surface area contributed by atoms with Gasteiger partial charge in [-0.1, -0.05) is 49.9 Å². The number of likely N-dealkylation sites (N-methyl/N-ethyl adjacent to an activating group) is 1. The van der Waals surface area contributed by atoms with Crippen LogP contribution in [0.15, 0.2) is 58.7 Å². The van der Waals surface area contributed by atoms with Crippen LogP contribution in [0.5, 0.6) is 0 Å². The van der Waals surface area contributed by atoms with E-state index >= 15 is 0 Å². The molecule has 1 aliphatic heterocycles. The first-order valence-electron chi connectivity index (χ1n) is 10.6. The van der Waals surface area contributed by atoms with Crippen LogP contribution >= 0.6 is 23.1 Å². The lowest BCUT2D eigenvalue weighted by molar-refractivity contribution is -0.114. The smallest absolute Gasteiger partial charge is 0.192 e. The number of anilines is 1. The summed E-state index contributed by atoms with van der Waals surface area (Å²) in [6, 6.07) is 12.9. The molecule has 0 saturated heterocycles. The van der Waals surface area contributed by atoms with Gasteiger partial charge in [0.15, 0.2) is 16.8 Å². The fourth-order valence-corrected chi connectivity index (χ4v) is 5.96. The molecule has 1 fully saturated rings. The molecular formula is C24H26N4OS2. The van der Waals surface area contributed by atoms with Gasteiger partial charge in [-0.05, 0) is 42.8 Å². The number of aromatic nitrogens is 3. The second kappa shape index (κ2) is 7.64. The van der Waals surface area contributed by atoms with Crippen molar-refractivity contribution in [1.82, 2.24) is 14.8 Å². The maximum Gasteiger partial charge on any atom is 0.192 e. The van der Waals surface area contributed by atoms with Gasteiger partial charge in [0.2, 0.25) is 0 Å². The highest BCUT2D eigenvalue weighted by Gasteiger charge is 2.39. The maximum atomic E-state index is 13.2. The monoisotopic (exact) mass is 450 g/mol. The molecule has 1 unspecified atom stereocenters. The highest BCUT2D eigenvalue weighted by molar-refractivity contribution is 8.00. The SMILES string of the molecule is CC(Sc1nnc(-c2cccs2)n1C1CC1)C(=O)/C=C1\N(C)c2ccccc2C1(C)C. The van der Waals surface area contributed by atoms with Gasteiger partial charge >= 0.3 is 0 Å². The first-order valence-corrected chi connectivity index (χ1v) is 12.4. The third kappa shape index (κ3) is 3.53. The van der Waals surface area contributed by atoms with E-state index in [-0.39, 0.29) is 16.4 Å². The molecule has 0 bridgehead atoms. The van der Waals surface area contributed by atoms with Crippen LogP contribution in [-0.4, -0.2) is 32.8 Å². The molecule has 1 saturated carbocycles. The number of fused-ring (bicyclic) bond motifs is 1. The maximum absolute atomic E-state index is 13.2. The standard InChI is InChI=1S/C24H26N4OS2/c1-15(19(29)14-21-24(2,3)17-8-5-6-9-18(17)27(21)4)31-23-26-25-22(20-10-7-13-30-20)28(23)16-11-12-16/h5-10,13-16H,11-12H2,1-4H3/b21-14-. The summed E-state index contributed by atoms with van der Waals surface area (Å²) in [5.74, 6) is 1.03. The van der Waals surface area contributed by atoms with Crippen LogP contribution in [0, 0.1) is 0 Å². The van der Waals surface area contributed by atoms with Crippen molar-refractivity contribution in [1.29, 1.82) is 0 Å². The van der Waals surface area contributed by atoms with E-state index in [4.69, 9.17) is 0 Å². The Morgan fingerprint density at radius 1 is 1.23 bits per heavy atom. The van der Waals surface area contributed by atoms with Gasteiger partial charge in [-0.15, -0.1) is 21.5 Å². The van der Waals surface area contributed by atoms with Crippen LogP contribution in [-0.2, 0) is 10.2 Å². The molecule has 0 amide bonds. The van der Waals surface area contributed by atoms with Crippen molar-refractivity contribution in [3.05, 3.63) is 59.1 Å². The number of carbonyl (C=O) groups is 1. The molecule has 3 heterocycles. The molecule has 0 radical (unpaired) electrons. The van der Waals surface area contributed by atoms with Gasteiger partial charge < -0.3 is 4.90 Å². The number of hydrogen-bond donors (Lipinski definition) is 0. The molecule has 1 atom stereocenters. The lowest BCUT2D eigenvalue weighted by Gasteiger charge is -2.24. The number of allylic oxidation sites excluding steroid dienone is 2. The highest BCUT2D eigenvalue weighted by atomic mass is 32.2. The van der Waals surface area contributed by atoms with E-state index in [0.717, 1.165) is 34.4 Å². The quantitative estimate of drug-likeness (QED) is 0.356. The van der Waals surface area contributed by atoms with E-state index in [1.54, 1.807) is 11.3 Å². The Bertz CT molecular complexity index is 1160. The molecule has 31 heavy (non-hydrogen) atoms. The third-order valence-corrected chi connectivity index (χ3v) is 8.16. The average molecular weight is 451 g/mol. The number of carbonyl (C=O) groups excluding carboxylic acids is 1. The number of rotatable bonds is 6. The average Bonchev–Trinajstić information content (AvgIpc) is 3.21. The van der Waals surface area contributed by atoms with Gasteiger partial charge in [0.05, 0.1) is 10.1 Å². The number of para-hydroxylation sites is 1. The van der Waals surface area contributed by atoms with Crippen molar-refractivity contribution in [3.8, 4) is 10.7 Å². The van der Waals surface area contributed by atoms with Crippen LogP contribution < -0.4 is 4.90 Å². The van der Waals surface area contributed by atoms with Crippen molar-refractivity contribution < 1.29 is 4.79 Å². The molecule has 3 aromatic rings. The van der Waals surface area contributed by atoms with E-state index in [1.165, 1.54) is 23.0 Å². The van der Waals surface area contributed by atoms with E-state index in [0.29, 0.717) is 6.04 Å². The van der Waals surface area contributed by atoms with Crippen LogP contribution in [0.2, 0.25) is 0 Å². The van der Waals surface area contributed by atoms with E-state index in [1.807, 2.05) is 32.2 Å². The lowest BCUT2D eigenvalue weighted by atomic mass is 9.83. The Morgan fingerprint density at radius 2 is 2.00 bits per heavy atom. The van der Waals surface area contributed by atoms with Crippen molar-refractivity contribution in [2.45, 2.75) is 55.5 Å². The summed E-state index contributed by atoms with van der Waals surface area (Å²) < 4.78 is 2.23. The van der Waals surface area contributed by atoms with Crippen LogP contribution in [0.25, 0.3) is 10.7 Å². The third-order valence-electron chi connectivity index (χ3n) is 6.22. The van der Waals surface area contributed by atoms with Crippen LogP contribution in [0.4, 0.5) is 5.69 Å². The molecular weight excluding hydrogens is 424 g/mol. The number of hydrogen-bond acceptors (Lipinski definition) is 6. The Labute approximate surface area is 191 Å². The molecule has 2 aliphatic rings. The summed E-state index contributed by atoms with van der Waals surface area (Å²) in [7, 11) is 2.04. The summed E-state index contributed by atoms with van der Waals surface area (Å²) >= 11 is 3.19. The summed E-state index contributed by atoms with van der Waals surface area (Å²) in [6.07, 6.45) is 4.12. The van der Waals surface area contributed by atoms with Gasteiger partial charge in [0, 0.05) is 36.0 Å². The zero-order valence-corrected chi connectivity index (χ0v) is 19.8. The molecule has 0 spiro atoms. The van der Waals surface area contributed by atoms with E-state index < -0.39 is 0 Å². The van der Waals surface area contributed by atoms with Gasteiger partial charge in [-0.25, -0.2) is 0 Å². The Morgan fingerprint density at radius 3 is 2.68 bits per heavy atom. The zero-order chi connectivity index (χ0) is 21.8. The number of benzene rings is 1. The van der Waals surface area contributed by atoms with Crippen LogP contribution in [0.3, 0.4) is 0 Å². The second-order valence-electron chi connectivity index (χ2n) is 8.78. The first kappa shape index (κ1) is 20.5. The summed E-state index contributed by atoms with van der Waals surface area (Å²) in [4.78, 5) is 16.5. The zero-order valence-electron chi connectivity index (χ0n) is 18.2. The minimum Gasteiger partial charge on any atom is -0.347 e. The molecule has 5 nitrogen and oxygen atoms in total. The van der Waals surface area contributed by atoms with E-state index in [2.05, 4.69) is 63.2 Å². The number of thioether (sulfide) groups is 1. The Balaban J connectivity index is 1.40. The molecule has 1 aliphatic carbocycles. The molecule has 2 aromatic heterocycles. The molecule has 7 heteroatoms. The minimum atomic E-state index is -0.238. The summed E-state index contributed by atoms with van der Waals surface area (Å²) in [5.41, 5.74) is 3.26. The topological polar surface area (TPSA) is 51.0 Å². The number of thiophene rings is 1. The van der Waals surface area contributed by atoms with Gasteiger partial charge in [-0.3, -0.25) is 9.36 Å². The van der Waals surface area contributed by atoms with Crippen molar-refractivity contribution in [2.24, 2.45) is 0 Å². The normalized spacial score (nSPS) is 19.6. The fourth-order valence-electron chi connectivity index (χ4n) is 4.32. The summed E-state index contributed by atoms with van der Waals surface area (Å²) in [5, 5.41) is 11.6. The predicted molar refractivity (Wildman–Crippen MR) is 128 cm³/mol. The number of ketones is 1. The van der Waals surface area contributed by atoms with Gasteiger partial charge in [-0.2, -0.15) is 0 Å². The van der Waals surface area contributed by atoms with Crippen LogP contribution in [0.1, 0.15) is 45.2 Å². The number of nitrogens with zero attached hydrogens (tertiary/aromatic N) is 4. The lowest BCUT2D eigenvalue weighted by Crippen LogP contribution is -2.25. The van der Waals surface area contributed by atoms with Gasteiger partial charge in [0.25, 0.3) is 0 Å². The Hall–Kier alpha value is -2.38. The minimum absolute atomic E-state index is 0.107. The van der Waals surface area contributed by atoms with Crippen molar-refractivity contribution >= 4 is 34.6 Å².